The lowest BCUT2D eigenvalue weighted by Gasteiger charge is -2.18. The number of hydrogen-bond donors (Lipinski definition) is 1. The van der Waals surface area contributed by atoms with Gasteiger partial charge in [0.1, 0.15) is 12.9 Å². The van der Waals surface area contributed by atoms with Gasteiger partial charge in [0.05, 0.1) is 6.10 Å². The monoisotopic (exact) mass is 224 g/mol. The van der Waals surface area contributed by atoms with Crippen molar-refractivity contribution in [2.75, 3.05) is 6.61 Å². The number of hydrogen-bond acceptors (Lipinski definition) is 4. The number of phosphoric acid groups is 1. The molecule has 0 aromatic heterocycles. The van der Waals surface area contributed by atoms with E-state index in [1.54, 1.807) is 0 Å². The van der Waals surface area contributed by atoms with Crippen molar-refractivity contribution < 1.29 is 23.3 Å². The highest BCUT2D eigenvalue weighted by molar-refractivity contribution is 7.47. The molecule has 5 nitrogen and oxygen atoms in total. The summed E-state index contributed by atoms with van der Waals surface area (Å²) in [6.45, 7) is 3.40. The molecule has 0 heterocycles. The van der Waals surface area contributed by atoms with Crippen LogP contribution in [-0.4, -0.2) is 23.9 Å². The van der Waals surface area contributed by atoms with Crippen LogP contribution in [0.4, 0.5) is 0 Å². The van der Waals surface area contributed by atoms with Crippen molar-refractivity contribution in [1.82, 2.24) is 0 Å². The normalized spacial score (nSPS) is 17.4. The molecule has 0 amide bonds. The molecular weight excluding hydrogens is 207 g/mol. The summed E-state index contributed by atoms with van der Waals surface area (Å²) in [7, 11) is -4.04. The average molecular weight is 224 g/mol. The van der Waals surface area contributed by atoms with Gasteiger partial charge in [-0.2, -0.15) is 0 Å². The second-order valence-corrected chi connectivity index (χ2v) is 4.26. The highest BCUT2D eigenvalue weighted by atomic mass is 31.2. The Morgan fingerprint density at radius 3 is 2.57 bits per heavy atom. The molecule has 0 radical (unpaired) electrons. The molecule has 0 aromatic rings. The molecule has 2 atom stereocenters. The van der Waals surface area contributed by atoms with Crippen LogP contribution < -0.4 is 0 Å². The summed E-state index contributed by atoms with van der Waals surface area (Å²) in [5.41, 5.74) is 0. The summed E-state index contributed by atoms with van der Waals surface area (Å²) in [4.78, 5) is 19.0. The number of carbonyl (C=O) groups is 1. The zero-order chi connectivity index (χ0) is 11.0. The number of aldehydes is 1. The minimum Gasteiger partial charge on any atom is -0.302 e. The van der Waals surface area contributed by atoms with Crippen LogP contribution in [0.15, 0.2) is 0 Å². The fourth-order valence-electron chi connectivity index (χ4n) is 0.997. The van der Waals surface area contributed by atoms with Gasteiger partial charge in [-0.3, -0.25) is 9.05 Å². The van der Waals surface area contributed by atoms with Crippen LogP contribution in [0.2, 0.25) is 0 Å². The number of rotatable bonds is 8. The lowest BCUT2D eigenvalue weighted by atomic mass is 10.2. The third-order valence-electron chi connectivity index (χ3n) is 1.65. The van der Waals surface area contributed by atoms with Crippen LogP contribution in [0.5, 0.6) is 0 Å². The van der Waals surface area contributed by atoms with Gasteiger partial charge in [0, 0.05) is 0 Å². The van der Waals surface area contributed by atoms with Crippen molar-refractivity contribution in [3.05, 3.63) is 0 Å². The van der Waals surface area contributed by atoms with Gasteiger partial charge in [-0.15, -0.1) is 0 Å². The van der Waals surface area contributed by atoms with E-state index < -0.39 is 14.4 Å². The molecule has 0 aromatic carbocycles. The Kier molecular flexibility index (Phi) is 7.01. The molecule has 0 aliphatic heterocycles. The maximum atomic E-state index is 11.2. The molecular formula is C8H17O5P. The molecule has 6 heteroatoms. The first-order chi connectivity index (χ1) is 6.55. The van der Waals surface area contributed by atoms with Gasteiger partial charge in [0.15, 0.2) is 0 Å². The fraction of sp³-hybridized carbons (Fsp3) is 0.875. The van der Waals surface area contributed by atoms with E-state index in [-0.39, 0.29) is 6.10 Å². The van der Waals surface area contributed by atoms with Crippen molar-refractivity contribution in [2.24, 2.45) is 0 Å². The first-order valence-corrected chi connectivity index (χ1v) is 6.14. The summed E-state index contributed by atoms with van der Waals surface area (Å²) in [5.74, 6) is 0. The SMILES string of the molecule is CCCC(CC)OP(=O)(O)OCC=O. The Balaban J connectivity index is 4.02. The van der Waals surface area contributed by atoms with Crippen LogP contribution in [0.1, 0.15) is 33.1 Å². The minimum absolute atomic E-state index is 0.289. The van der Waals surface area contributed by atoms with E-state index in [0.717, 1.165) is 6.42 Å². The molecule has 0 aliphatic carbocycles. The third-order valence-corrected chi connectivity index (χ3v) is 2.69. The molecule has 0 rings (SSSR count). The molecule has 0 spiro atoms. The van der Waals surface area contributed by atoms with Gasteiger partial charge >= 0.3 is 7.82 Å². The highest BCUT2D eigenvalue weighted by Crippen LogP contribution is 2.45. The maximum Gasteiger partial charge on any atom is 0.472 e. The van der Waals surface area contributed by atoms with E-state index in [0.29, 0.717) is 19.1 Å². The smallest absolute Gasteiger partial charge is 0.302 e. The van der Waals surface area contributed by atoms with E-state index in [1.165, 1.54) is 0 Å². The Hall–Kier alpha value is -0.220. The first-order valence-electron chi connectivity index (χ1n) is 4.65. The minimum atomic E-state index is -4.04. The summed E-state index contributed by atoms with van der Waals surface area (Å²) in [6, 6.07) is 0. The number of carbonyl (C=O) groups excluding carboxylic acids is 1. The van der Waals surface area contributed by atoms with Crippen molar-refractivity contribution in [3.63, 3.8) is 0 Å². The van der Waals surface area contributed by atoms with Gasteiger partial charge in [0.2, 0.25) is 0 Å². The second kappa shape index (κ2) is 7.12. The van der Waals surface area contributed by atoms with Crippen LogP contribution >= 0.6 is 7.82 Å². The Morgan fingerprint density at radius 1 is 1.50 bits per heavy atom. The zero-order valence-electron chi connectivity index (χ0n) is 8.51. The largest absolute Gasteiger partial charge is 0.472 e. The lowest BCUT2D eigenvalue weighted by Crippen LogP contribution is -2.11. The van der Waals surface area contributed by atoms with Crippen LogP contribution in [0.3, 0.4) is 0 Å². The van der Waals surface area contributed by atoms with Crippen LogP contribution in [0, 0.1) is 0 Å². The zero-order valence-corrected chi connectivity index (χ0v) is 9.40. The van der Waals surface area contributed by atoms with Gasteiger partial charge in [-0.25, -0.2) is 4.57 Å². The molecule has 0 aliphatic rings. The van der Waals surface area contributed by atoms with Crippen molar-refractivity contribution in [3.8, 4) is 0 Å². The number of phosphoric ester groups is 1. The van der Waals surface area contributed by atoms with E-state index in [4.69, 9.17) is 9.42 Å². The van der Waals surface area contributed by atoms with Gasteiger partial charge in [-0.05, 0) is 12.8 Å². The van der Waals surface area contributed by atoms with Crippen molar-refractivity contribution in [1.29, 1.82) is 0 Å². The summed E-state index contributed by atoms with van der Waals surface area (Å²) in [6.07, 6.45) is 2.33. The lowest BCUT2D eigenvalue weighted by molar-refractivity contribution is -0.110. The van der Waals surface area contributed by atoms with Gasteiger partial charge in [0.25, 0.3) is 0 Å². The first kappa shape index (κ1) is 13.8. The quantitative estimate of drug-likeness (QED) is 0.503. The van der Waals surface area contributed by atoms with Crippen molar-refractivity contribution in [2.45, 2.75) is 39.2 Å². The molecule has 2 unspecified atom stereocenters. The van der Waals surface area contributed by atoms with Crippen LogP contribution in [0.25, 0.3) is 0 Å². The molecule has 0 bridgehead atoms. The van der Waals surface area contributed by atoms with Gasteiger partial charge < -0.3 is 9.69 Å². The molecule has 14 heavy (non-hydrogen) atoms. The summed E-state index contributed by atoms with van der Waals surface area (Å²) < 4.78 is 20.4. The summed E-state index contributed by atoms with van der Waals surface area (Å²) in [5, 5.41) is 0. The second-order valence-electron chi connectivity index (χ2n) is 2.86. The van der Waals surface area contributed by atoms with E-state index >= 15 is 0 Å². The maximum absolute atomic E-state index is 11.2. The van der Waals surface area contributed by atoms with E-state index in [9.17, 15) is 9.36 Å². The molecule has 0 saturated heterocycles. The Morgan fingerprint density at radius 2 is 2.14 bits per heavy atom. The van der Waals surface area contributed by atoms with E-state index in [2.05, 4.69) is 4.52 Å². The topological polar surface area (TPSA) is 72.8 Å². The third kappa shape index (κ3) is 6.27. The molecule has 0 fully saturated rings. The standard InChI is InChI=1S/C8H17O5P/c1-3-5-8(4-2)13-14(10,11)12-7-6-9/h6,8H,3-5,7H2,1-2H3,(H,10,11). The highest BCUT2D eigenvalue weighted by Gasteiger charge is 2.24. The van der Waals surface area contributed by atoms with Gasteiger partial charge in [-0.1, -0.05) is 20.3 Å². The Bertz CT molecular complexity index is 206. The molecule has 84 valence electrons. The molecule has 0 saturated carbocycles. The predicted octanol–water partition coefficient (Wildman–Crippen LogP) is 1.90. The Labute approximate surface area is 84.0 Å². The molecule has 1 N–H and O–H groups in total. The fourth-order valence-corrected chi connectivity index (χ4v) is 1.94. The van der Waals surface area contributed by atoms with Crippen molar-refractivity contribution >= 4 is 14.1 Å². The average Bonchev–Trinajstić information content (AvgIpc) is 2.14. The summed E-state index contributed by atoms with van der Waals surface area (Å²) >= 11 is 0. The van der Waals surface area contributed by atoms with E-state index in [1.807, 2.05) is 13.8 Å². The predicted molar refractivity (Wildman–Crippen MR) is 51.9 cm³/mol. The van der Waals surface area contributed by atoms with Crippen LogP contribution in [-0.2, 0) is 18.4 Å².